The predicted molar refractivity (Wildman–Crippen MR) is 56.4 cm³/mol. The molecule has 2 aromatic rings. The normalized spacial score (nSPS) is 10.3. The standard InChI is InChI=1S/C10H8FN3O4/c1-6-12-10(18-13-6)5-17-9-4-7(11)2-3-8(9)14(15)16/h2-4H,5H2,1H3. The Balaban J connectivity index is 2.17. The van der Waals surface area contributed by atoms with Gasteiger partial charge in [-0.3, -0.25) is 10.1 Å². The zero-order valence-electron chi connectivity index (χ0n) is 9.29. The second-order valence-electron chi connectivity index (χ2n) is 3.39. The SMILES string of the molecule is Cc1noc(COc2cc(F)ccc2[N+](=O)[O-])n1. The quantitative estimate of drug-likeness (QED) is 0.611. The molecule has 0 atom stereocenters. The molecule has 94 valence electrons. The van der Waals surface area contributed by atoms with Gasteiger partial charge in [0.15, 0.2) is 12.4 Å². The van der Waals surface area contributed by atoms with E-state index in [9.17, 15) is 14.5 Å². The third kappa shape index (κ3) is 2.59. The molecular weight excluding hydrogens is 245 g/mol. The molecule has 0 aliphatic rings. The number of aromatic nitrogens is 2. The number of benzene rings is 1. The number of ether oxygens (including phenoxy) is 1. The van der Waals surface area contributed by atoms with Crippen molar-refractivity contribution in [2.75, 3.05) is 0 Å². The van der Waals surface area contributed by atoms with Gasteiger partial charge in [0.2, 0.25) is 5.75 Å². The minimum atomic E-state index is -0.659. The summed E-state index contributed by atoms with van der Waals surface area (Å²) >= 11 is 0. The molecule has 0 unspecified atom stereocenters. The smallest absolute Gasteiger partial charge is 0.311 e. The third-order valence-electron chi connectivity index (χ3n) is 2.04. The summed E-state index contributed by atoms with van der Waals surface area (Å²) in [4.78, 5) is 13.9. The molecule has 0 saturated heterocycles. The molecule has 1 aromatic heterocycles. The van der Waals surface area contributed by atoms with Crippen LogP contribution in [0.4, 0.5) is 10.1 Å². The van der Waals surface area contributed by atoms with Gasteiger partial charge < -0.3 is 9.26 Å². The maximum atomic E-state index is 13.0. The van der Waals surface area contributed by atoms with Crippen molar-refractivity contribution in [1.29, 1.82) is 0 Å². The molecule has 7 nitrogen and oxygen atoms in total. The van der Waals surface area contributed by atoms with Crippen molar-refractivity contribution in [2.45, 2.75) is 13.5 Å². The summed E-state index contributed by atoms with van der Waals surface area (Å²) in [6.07, 6.45) is 0. The van der Waals surface area contributed by atoms with Gasteiger partial charge in [0.25, 0.3) is 5.89 Å². The summed E-state index contributed by atoms with van der Waals surface area (Å²) in [6, 6.07) is 2.95. The molecular formula is C10H8FN3O4. The van der Waals surface area contributed by atoms with Crippen molar-refractivity contribution in [3.63, 3.8) is 0 Å². The second-order valence-corrected chi connectivity index (χ2v) is 3.39. The van der Waals surface area contributed by atoms with E-state index in [1.165, 1.54) is 0 Å². The Hall–Kier alpha value is -2.51. The van der Waals surface area contributed by atoms with Gasteiger partial charge in [0.05, 0.1) is 4.92 Å². The fourth-order valence-corrected chi connectivity index (χ4v) is 1.29. The summed E-state index contributed by atoms with van der Waals surface area (Å²) in [6.45, 7) is 1.46. The first kappa shape index (κ1) is 12.0. The van der Waals surface area contributed by atoms with Crippen molar-refractivity contribution in [3.8, 4) is 5.75 Å². The highest BCUT2D eigenvalue weighted by Gasteiger charge is 2.16. The molecule has 2 rings (SSSR count). The van der Waals surface area contributed by atoms with Gasteiger partial charge in [0.1, 0.15) is 5.82 Å². The number of halogens is 1. The molecule has 0 radical (unpaired) electrons. The van der Waals surface area contributed by atoms with Crippen LogP contribution in [0.3, 0.4) is 0 Å². The minimum Gasteiger partial charge on any atom is -0.477 e. The molecule has 0 saturated carbocycles. The first-order valence-electron chi connectivity index (χ1n) is 4.92. The van der Waals surface area contributed by atoms with Crippen LogP contribution in [0.5, 0.6) is 5.75 Å². The number of hydrogen-bond acceptors (Lipinski definition) is 6. The van der Waals surface area contributed by atoms with Crippen molar-refractivity contribution in [2.24, 2.45) is 0 Å². The highest BCUT2D eigenvalue weighted by Crippen LogP contribution is 2.27. The number of nitrogens with zero attached hydrogens (tertiary/aromatic N) is 3. The third-order valence-corrected chi connectivity index (χ3v) is 2.04. The van der Waals surface area contributed by atoms with Crippen LogP contribution >= 0.6 is 0 Å². The molecule has 0 N–H and O–H groups in total. The summed E-state index contributed by atoms with van der Waals surface area (Å²) in [5, 5.41) is 14.2. The molecule has 0 bridgehead atoms. The van der Waals surface area contributed by atoms with Crippen molar-refractivity contribution in [3.05, 3.63) is 45.8 Å². The van der Waals surface area contributed by atoms with Gasteiger partial charge in [-0.25, -0.2) is 4.39 Å². The second kappa shape index (κ2) is 4.78. The van der Waals surface area contributed by atoms with Gasteiger partial charge in [-0.05, 0) is 13.0 Å². The lowest BCUT2D eigenvalue weighted by Gasteiger charge is -2.03. The van der Waals surface area contributed by atoms with Crippen molar-refractivity contribution in [1.82, 2.24) is 10.1 Å². The zero-order chi connectivity index (χ0) is 13.1. The Morgan fingerprint density at radius 1 is 1.56 bits per heavy atom. The average molecular weight is 253 g/mol. The number of hydrogen-bond donors (Lipinski definition) is 0. The Morgan fingerprint density at radius 3 is 2.94 bits per heavy atom. The molecule has 0 aliphatic carbocycles. The maximum absolute atomic E-state index is 13.0. The van der Waals surface area contributed by atoms with Crippen LogP contribution < -0.4 is 4.74 Å². The van der Waals surface area contributed by atoms with E-state index in [1.807, 2.05) is 0 Å². The fourth-order valence-electron chi connectivity index (χ4n) is 1.29. The number of nitro groups is 1. The fraction of sp³-hybridized carbons (Fsp3) is 0.200. The first-order chi connectivity index (χ1) is 8.56. The average Bonchev–Trinajstić information content (AvgIpc) is 2.72. The van der Waals surface area contributed by atoms with Crippen LogP contribution in [0, 0.1) is 22.9 Å². The van der Waals surface area contributed by atoms with E-state index in [-0.39, 0.29) is 23.9 Å². The molecule has 0 spiro atoms. The van der Waals surface area contributed by atoms with Crippen LogP contribution in [0.2, 0.25) is 0 Å². The highest BCUT2D eigenvalue weighted by atomic mass is 19.1. The molecule has 0 fully saturated rings. The Bertz CT molecular complexity index is 584. The molecule has 8 heteroatoms. The van der Waals surface area contributed by atoms with Crippen LogP contribution in [0.15, 0.2) is 22.7 Å². The molecule has 18 heavy (non-hydrogen) atoms. The Morgan fingerprint density at radius 2 is 2.33 bits per heavy atom. The molecule has 0 amide bonds. The monoisotopic (exact) mass is 253 g/mol. The number of aryl methyl sites for hydroxylation is 1. The summed E-state index contributed by atoms with van der Waals surface area (Å²) < 4.78 is 22.9. The number of nitro benzene ring substituents is 1. The van der Waals surface area contributed by atoms with Gasteiger partial charge in [-0.2, -0.15) is 4.98 Å². The largest absolute Gasteiger partial charge is 0.477 e. The lowest BCUT2D eigenvalue weighted by Crippen LogP contribution is -2.00. The molecule has 1 aromatic carbocycles. The summed E-state index contributed by atoms with van der Waals surface area (Å²) in [5.41, 5.74) is -0.326. The van der Waals surface area contributed by atoms with E-state index in [1.54, 1.807) is 6.92 Å². The zero-order valence-corrected chi connectivity index (χ0v) is 9.29. The lowest BCUT2D eigenvalue weighted by atomic mass is 10.3. The summed E-state index contributed by atoms with van der Waals surface area (Å²) in [7, 11) is 0. The predicted octanol–water partition coefficient (Wildman–Crippen LogP) is 2.00. The van der Waals surface area contributed by atoms with Crippen LogP contribution in [-0.2, 0) is 6.61 Å². The van der Waals surface area contributed by atoms with E-state index in [0.717, 1.165) is 18.2 Å². The topological polar surface area (TPSA) is 91.3 Å². The van der Waals surface area contributed by atoms with Gasteiger partial charge in [-0.1, -0.05) is 5.16 Å². The van der Waals surface area contributed by atoms with Gasteiger partial charge in [-0.15, -0.1) is 0 Å². The van der Waals surface area contributed by atoms with E-state index in [0.29, 0.717) is 5.82 Å². The lowest BCUT2D eigenvalue weighted by molar-refractivity contribution is -0.386. The van der Waals surface area contributed by atoms with Crippen LogP contribution in [0.1, 0.15) is 11.7 Å². The van der Waals surface area contributed by atoms with E-state index < -0.39 is 10.7 Å². The molecule has 0 aliphatic heterocycles. The van der Waals surface area contributed by atoms with Gasteiger partial charge in [0, 0.05) is 12.1 Å². The van der Waals surface area contributed by atoms with Crippen LogP contribution in [-0.4, -0.2) is 15.1 Å². The van der Waals surface area contributed by atoms with Crippen molar-refractivity contribution >= 4 is 5.69 Å². The highest BCUT2D eigenvalue weighted by molar-refractivity contribution is 5.46. The Kier molecular flexibility index (Phi) is 3.18. The Labute approximate surface area is 100 Å². The van der Waals surface area contributed by atoms with E-state index in [2.05, 4.69) is 10.1 Å². The first-order valence-corrected chi connectivity index (χ1v) is 4.92. The van der Waals surface area contributed by atoms with E-state index >= 15 is 0 Å². The number of rotatable bonds is 4. The minimum absolute atomic E-state index is 0.158. The molecule has 1 heterocycles. The van der Waals surface area contributed by atoms with Crippen LogP contribution in [0.25, 0.3) is 0 Å². The van der Waals surface area contributed by atoms with Gasteiger partial charge >= 0.3 is 5.69 Å². The maximum Gasteiger partial charge on any atom is 0.311 e. The summed E-state index contributed by atoms with van der Waals surface area (Å²) in [5.74, 6) is -0.235. The van der Waals surface area contributed by atoms with E-state index in [4.69, 9.17) is 9.26 Å². The van der Waals surface area contributed by atoms with Crippen molar-refractivity contribution < 1.29 is 18.6 Å².